The second kappa shape index (κ2) is 8.00. The van der Waals surface area contributed by atoms with Crippen LogP contribution in [-0.2, 0) is 33.3 Å². The van der Waals surface area contributed by atoms with Gasteiger partial charge in [0.25, 0.3) is 0 Å². The van der Waals surface area contributed by atoms with Crippen LogP contribution in [0.4, 0.5) is 0 Å². The first-order chi connectivity index (χ1) is 13.9. The Morgan fingerprint density at radius 1 is 1.23 bits per heavy atom. The quantitative estimate of drug-likeness (QED) is 0.242. The number of aliphatic hydroxyl groups excluding tert-OH is 1. The lowest BCUT2D eigenvalue weighted by Crippen LogP contribution is -2.37. The van der Waals surface area contributed by atoms with Crippen LogP contribution in [0.2, 0.25) is 0 Å². The van der Waals surface area contributed by atoms with Crippen molar-refractivity contribution in [3.63, 3.8) is 0 Å². The molecule has 2 fully saturated rings. The highest BCUT2D eigenvalue weighted by molar-refractivity contribution is 5.91. The maximum Gasteiger partial charge on any atom is 0.341 e. The van der Waals surface area contributed by atoms with Crippen LogP contribution in [-0.4, -0.2) is 59.1 Å². The van der Waals surface area contributed by atoms with Gasteiger partial charge in [0.15, 0.2) is 5.60 Å². The fourth-order valence-electron chi connectivity index (χ4n) is 3.78. The predicted octanol–water partition coefficient (Wildman–Crippen LogP) is 1.76. The highest BCUT2D eigenvalue weighted by atomic mass is 16.7. The molecule has 0 radical (unpaired) electrons. The van der Waals surface area contributed by atoms with E-state index in [1.807, 2.05) is 0 Å². The van der Waals surface area contributed by atoms with Gasteiger partial charge in [-0.1, -0.05) is 6.58 Å². The number of hydrogen-bond donors (Lipinski definition) is 1. The van der Waals surface area contributed by atoms with Crippen molar-refractivity contribution in [1.82, 2.24) is 0 Å². The van der Waals surface area contributed by atoms with E-state index in [0.717, 1.165) is 0 Å². The van der Waals surface area contributed by atoms with Crippen molar-refractivity contribution < 1.29 is 38.4 Å². The molecule has 0 amide bonds. The molecule has 2 saturated heterocycles. The van der Waals surface area contributed by atoms with Gasteiger partial charge in [-0.15, -0.1) is 0 Å². The van der Waals surface area contributed by atoms with E-state index in [1.54, 1.807) is 39.8 Å². The minimum absolute atomic E-state index is 0.120. The first-order valence-corrected chi connectivity index (χ1v) is 9.94. The highest BCUT2D eigenvalue weighted by Crippen LogP contribution is 2.40. The maximum absolute atomic E-state index is 12.7. The molecule has 0 aromatic heterocycles. The third-order valence-electron chi connectivity index (χ3n) is 6.04. The van der Waals surface area contributed by atoms with Gasteiger partial charge in [-0.25, -0.2) is 9.59 Å². The molecule has 8 heteroatoms. The van der Waals surface area contributed by atoms with Gasteiger partial charge in [-0.05, 0) is 51.0 Å². The summed E-state index contributed by atoms with van der Waals surface area (Å²) in [5.41, 5.74) is 0.260. The Morgan fingerprint density at radius 2 is 1.87 bits per heavy atom. The normalized spacial score (nSPS) is 42.1. The minimum atomic E-state index is -1.04. The van der Waals surface area contributed by atoms with Crippen LogP contribution in [0.3, 0.4) is 0 Å². The van der Waals surface area contributed by atoms with E-state index in [1.165, 1.54) is 6.92 Å². The molecule has 1 aliphatic carbocycles. The molecule has 30 heavy (non-hydrogen) atoms. The first kappa shape index (κ1) is 22.2. The van der Waals surface area contributed by atoms with Gasteiger partial charge in [0, 0.05) is 18.9 Å². The third-order valence-corrected chi connectivity index (χ3v) is 6.04. The highest BCUT2D eigenvalue weighted by Gasteiger charge is 2.58. The van der Waals surface area contributed by atoms with E-state index < -0.39 is 53.8 Å². The van der Waals surface area contributed by atoms with E-state index in [-0.39, 0.29) is 18.1 Å². The van der Waals surface area contributed by atoms with E-state index in [4.69, 9.17) is 18.9 Å². The zero-order valence-electron chi connectivity index (χ0n) is 17.8. The average molecular weight is 420 g/mol. The molecular weight excluding hydrogens is 392 g/mol. The van der Waals surface area contributed by atoms with Crippen LogP contribution in [0, 0.1) is 5.92 Å². The van der Waals surface area contributed by atoms with Crippen LogP contribution in [0.15, 0.2) is 35.5 Å². The van der Waals surface area contributed by atoms with Gasteiger partial charge in [-0.3, -0.25) is 4.79 Å². The van der Waals surface area contributed by atoms with Crippen LogP contribution in [0.25, 0.3) is 0 Å². The van der Waals surface area contributed by atoms with Crippen molar-refractivity contribution >= 4 is 17.9 Å². The SMILES string of the molecule is C=C1C(=O)O[C@@H]2/C=C(/C)[C@@H](OC(C)=O)C[C@@H](O)/C(C)=C\[C@@H](OC(=O)[C@@]3(C)O[C@@H]3C)[C@@H]12. The second-order valence-electron chi connectivity index (χ2n) is 8.33. The van der Waals surface area contributed by atoms with Gasteiger partial charge in [0.05, 0.1) is 18.1 Å². The number of carbonyl (C=O) groups excluding carboxylic acids is 3. The number of rotatable bonds is 3. The van der Waals surface area contributed by atoms with Crippen molar-refractivity contribution in [3.05, 3.63) is 35.5 Å². The standard InChI is InChI=1S/C22H28O8/c1-10-7-18(29-21(26)22(6)13(4)30-22)19-12(3)20(25)28-17(19)8-11(2)16(9-15(10)24)27-14(5)23/h7-8,13,15-19,24H,3,9H2,1-2,4-6H3/b10-7-,11-8-/t13-,15-,16+,17-,18-,19+,22+/m1/s1. The summed E-state index contributed by atoms with van der Waals surface area (Å²) in [6.07, 6.45) is -0.176. The van der Waals surface area contributed by atoms with Crippen molar-refractivity contribution in [2.24, 2.45) is 5.92 Å². The topological polar surface area (TPSA) is 112 Å². The largest absolute Gasteiger partial charge is 0.458 e. The lowest BCUT2D eigenvalue weighted by molar-refractivity contribution is -0.155. The number of ether oxygens (including phenoxy) is 4. The molecule has 0 unspecified atom stereocenters. The molecular formula is C22H28O8. The maximum atomic E-state index is 12.7. The van der Waals surface area contributed by atoms with Crippen LogP contribution >= 0.6 is 0 Å². The number of hydrogen-bond acceptors (Lipinski definition) is 8. The van der Waals surface area contributed by atoms with Crippen LogP contribution in [0.1, 0.15) is 41.0 Å². The molecule has 2 aliphatic heterocycles. The summed E-state index contributed by atoms with van der Waals surface area (Å²) < 4.78 is 21.9. The Kier molecular flexibility index (Phi) is 5.93. The second-order valence-corrected chi connectivity index (χ2v) is 8.33. The van der Waals surface area contributed by atoms with Crippen molar-refractivity contribution in [1.29, 1.82) is 0 Å². The number of esters is 3. The molecule has 164 valence electrons. The Labute approximate surface area is 175 Å². The van der Waals surface area contributed by atoms with Crippen molar-refractivity contribution in [2.45, 2.75) is 77.2 Å². The smallest absolute Gasteiger partial charge is 0.341 e. The van der Waals surface area contributed by atoms with E-state index >= 15 is 0 Å². The average Bonchev–Trinajstić information content (AvgIpc) is 3.17. The fraction of sp³-hybridized carbons (Fsp3) is 0.591. The first-order valence-electron chi connectivity index (χ1n) is 9.94. The molecule has 1 N–H and O–H groups in total. The Morgan fingerprint density at radius 3 is 2.43 bits per heavy atom. The summed E-state index contributed by atoms with van der Waals surface area (Å²) in [4.78, 5) is 36.5. The van der Waals surface area contributed by atoms with Crippen molar-refractivity contribution in [2.75, 3.05) is 0 Å². The molecule has 0 bridgehead atoms. The molecule has 8 nitrogen and oxygen atoms in total. The molecule has 0 aromatic carbocycles. The minimum Gasteiger partial charge on any atom is -0.458 e. The number of carbonyl (C=O) groups is 3. The molecule has 3 aliphatic rings. The van der Waals surface area contributed by atoms with Crippen LogP contribution in [0.5, 0.6) is 0 Å². The van der Waals surface area contributed by atoms with Gasteiger partial charge < -0.3 is 24.1 Å². The van der Waals surface area contributed by atoms with Gasteiger partial charge in [-0.2, -0.15) is 0 Å². The summed E-state index contributed by atoms with van der Waals surface area (Å²) in [6, 6.07) is 0. The summed E-state index contributed by atoms with van der Waals surface area (Å²) in [7, 11) is 0. The van der Waals surface area contributed by atoms with Crippen LogP contribution < -0.4 is 0 Å². The van der Waals surface area contributed by atoms with E-state index in [0.29, 0.717) is 11.1 Å². The molecule has 3 rings (SSSR count). The molecule has 7 atom stereocenters. The van der Waals surface area contributed by atoms with Gasteiger partial charge in [0.2, 0.25) is 0 Å². The molecule has 2 heterocycles. The summed E-state index contributed by atoms with van der Waals surface area (Å²) >= 11 is 0. The third kappa shape index (κ3) is 4.20. The zero-order chi connectivity index (χ0) is 22.4. The molecule has 0 spiro atoms. The summed E-state index contributed by atoms with van der Waals surface area (Å²) in [5, 5.41) is 10.7. The summed E-state index contributed by atoms with van der Waals surface area (Å²) in [5.74, 6) is -2.32. The number of aliphatic hydroxyl groups is 1. The van der Waals surface area contributed by atoms with E-state index in [2.05, 4.69) is 6.58 Å². The van der Waals surface area contributed by atoms with Gasteiger partial charge >= 0.3 is 17.9 Å². The zero-order valence-corrected chi connectivity index (χ0v) is 17.8. The Balaban J connectivity index is 1.99. The van der Waals surface area contributed by atoms with Crippen molar-refractivity contribution in [3.8, 4) is 0 Å². The monoisotopic (exact) mass is 420 g/mol. The fourth-order valence-corrected chi connectivity index (χ4v) is 3.78. The molecule has 0 saturated carbocycles. The van der Waals surface area contributed by atoms with Gasteiger partial charge in [0.1, 0.15) is 18.3 Å². The Bertz CT molecular complexity index is 840. The lowest BCUT2D eigenvalue weighted by atomic mass is 9.85. The predicted molar refractivity (Wildman–Crippen MR) is 105 cm³/mol. The lowest BCUT2D eigenvalue weighted by Gasteiger charge is -2.29. The molecule has 0 aromatic rings. The number of epoxide rings is 1. The Hall–Kier alpha value is -2.45. The number of fused-ring (bicyclic) bond motifs is 1. The summed E-state index contributed by atoms with van der Waals surface area (Å²) in [6.45, 7) is 11.9. The van der Waals surface area contributed by atoms with E-state index in [9.17, 15) is 19.5 Å².